The molecule has 5 heteroatoms. The molecule has 0 saturated heterocycles. The molecule has 0 heterocycles. The predicted octanol–water partition coefficient (Wildman–Crippen LogP) is 3.15. The van der Waals surface area contributed by atoms with Gasteiger partial charge in [0.1, 0.15) is 5.25 Å². The fourth-order valence-corrected chi connectivity index (χ4v) is 3.96. The van der Waals surface area contributed by atoms with Crippen LogP contribution in [0.4, 0.5) is 0 Å². The number of carbonyl (C=O) groups is 1. The molecular weight excluding hydrogens is 300 g/mol. The second-order valence-electron chi connectivity index (χ2n) is 4.77. The van der Waals surface area contributed by atoms with Crippen LogP contribution >= 0.6 is 0 Å². The molecule has 0 spiro atoms. The summed E-state index contributed by atoms with van der Waals surface area (Å²) in [5, 5.41) is -0.949. The Balaban J connectivity index is 2.42. The van der Waals surface area contributed by atoms with Crippen molar-refractivity contribution in [1.82, 2.24) is 0 Å². The fourth-order valence-electron chi connectivity index (χ4n) is 2.22. The van der Waals surface area contributed by atoms with Crippen molar-refractivity contribution in [3.05, 3.63) is 66.2 Å². The van der Waals surface area contributed by atoms with Crippen LogP contribution in [-0.2, 0) is 19.4 Å². The minimum atomic E-state index is -3.67. The lowest BCUT2D eigenvalue weighted by Gasteiger charge is -2.17. The van der Waals surface area contributed by atoms with E-state index in [4.69, 9.17) is 4.74 Å². The first-order valence-corrected chi connectivity index (χ1v) is 8.60. The van der Waals surface area contributed by atoms with E-state index in [9.17, 15) is 13.2 Å². The highest BCUT2D eigenvalue weighted by Crippen LogP contribution is 2.32. The van der Waals surface area contributed by atoms with Crippen LogP contribution in [0, 0.1) is 0 Å². The highest BCUT2D eigenvalue weighted by Gasteiger charge is 2.31. The molecule has 0 aromatic heterocycles. The Hall–Kier alpha value is -2.14. The van der Waals surface area contributed by atoms with Gasteiger partial charge in [0.25, 0.3) is 0 Å². The molecular formula is C17H18O4S. The zero-order chi connectivity index (χ0) is 16.0. The van der Waals surface area contributed by atoms with E-state index in [1.807, 2.05) is 0 Å². The summed E-state index contributed by atoms with van der Waals surface area (Å²) in [4.78, 5) is 12.0. The predicted molar refractivity (Wildman–Crippen MR) is 84.1 cm³/mol. The minimum Gasteiger partial charge on any atom is -0.466 e. The van der Waals surface area contributed by atoms with Gasteiger partial charge in [0.15, 0.2) is 9.84 Å². The molecule has 0 aliphatic rings. The Kier molecular flexibility index (Phi) is 5.33. The molecule has 22 heavy (non-hydrogen) atoms. The molecule has 1 atom stereocenters. The second-order valence-corrected chi connectivity index (χ2v) is 6.90. The molecule has 2 rings (SSSR count). The Morgan fingerprint density at radius 1 is 1.00 bits per heavy atom. The van der Waals surface area contributed by atoms with Gasteiger partial charge in [-0.3, -0.25) is 4.79 Å². The van der Waals surface area contributed by atoms with Crippen molar-refractivity contribution < 1.29 is 17.9 Å². The van der Waals surface area contributed by atoms with Crippen molar-refractivity contribution in [2.24, 2.45) is 0 Å². The highest BCUT2D eigenvalue weighted by molar-refractivity contribution is 7.91. The van der Waals surface area contributed by atoms with Crippen molar-refractivity contribution in [2.45, 2.75) is 23.5 Å². The summed E-state index contributed by atoms with van der Waals surface area (Å²) in [7, 11) is -3.67. The van der Waals surface area contributed by atoms with E-state index in [1.165, 1.54) is 12.1 Å². The van der Waals surface area contributed by atoms with Crippen LogP contribution < -0.4 is 0 Å². The number of hydrogen-bond donors (Lipinski definition) is 0. The van der Waals surface area contributed by atoms with E-state index in [0.29, 0.717) is 5.56 Å². The molecule has 0 aliphatic heterocycles. The zero-order valence-corrected chi connectivity index (χ0v) is 13.1. The molecule has 4 nitrogen and oxygen atoms in total. The van der Waals surface area contributed by atoms with E-state index in [0.717, 1.165) is 0 Å². The summed E-state index contributed by atoms with van der Waals surface area (Å²) in [5.74, 6) is -0.518. The third-order valence-corrected chi connectivity index (χ3v) is 5.39. The number of sulfone groups is 1. The fraction of sp³-hybridized carbons (Fsp3) is 0.235. The number of benzene rings is 2. The highest BCUT2D eigenvalue weighted by atomic mass is 32.2. The van der Waals surface area contributed by atoms with Gasteiger partial charge in [-0.15, -0.1) is 0 Å². The lowest BCUT2D eigenvalue weighted by atomic mass is 10.1. The number of rotatable bonds is 6. The number of carbonyl (C=O) groups excluding carboxylic acids is 1. The van der Waals surface area contributed by atoms with Gasteiger partial charge < -0.3 is 4.74 Å². The standard InChI is InChI=1S/C17H18O4S/c1-2-21-17(18)13-16(14-9-5-3-6-10-14)22(19,20)15-11-7-4-8-12-15/h3-12,16H,2,13H2,1H3. The summed E-state index contributed by atoms with van der Waals surface area (Å²) >= 11 is 0. The summed E-state index contributed by atoms with van der Waals surface area (Å²) < 4.78 is 30.7. The Labute approximate surface area is 130 Å². The maximum Gasteiger partial charge on any atom is 0.307 e. The van der Waals surface area contributed by atoms with Crippen molar-refractivity contribution in [1.29, 1.82) is 0 Å². The van der Waals surface area contributed by atoms with Gasteiger partial charge in [-0.1, -0.05) is 48.5 Å². The van der Waals surface area contributed by atoms with Gasteiger partial charge in [0.2, 0.25) is 0 Å². The third-order valence-electron chi connectivity index (χ3n) is 3.28. The summed E-state index contributed by atoms with van der Waals surface area (Å²) in [6.07, 6.45) is -0.199. The van der Waals surface area contributed by atoms with E-state index < -0.39 is 21.1 Å². The summed E-state index contributed by atoms with van der Waals surface area (Å²) in [5.41, 5.74) is 0.583. The van der Waals surface area contributed by atoms with Gasteiger partial charge in [-0.25, -0.2) is 8.42 Å². The SMILES string of the molecule is CCOC(=O)CC(c1ccccc1)S(=O)(=O)c1ccccc1. The summed E-state index contributed by atoms with van der Waals surface area (Å²) in [6.45, 7) is 1.92. The van der Waals surface area contributed by atoms with Gasteiger partial charge >= 0.3 is 5.97 Å². The van der Waals surface area contributed by atoms with Crippen LogP contribution in [0.2, 0.25) is 0 Å². The lowest BCUT2D eigenvalue weighted by molar-refractivity contribution is -0.143. The average molecular weight is 318 g/mol. The molecule has 0 saturated carbocycles. The van der Waals surface area contributed by atoms with E-state index >= 15 is 0 Å². The molecule has 0 amide bonds. The molecule has 116 valence electrons. The molecule has 0 N–H and O–H groups in total. The van der Waals surface area contributed by atoms with Gasteiger partial charge in [0, 0.05) is 0 Å². The Morgan fingerprint density at radius 3 is 2.09 bits per heavy atom. The molecule has 0 bridgehead atoms. The van der Waals surface area contributed by atoms with Crippen molar-refractivity contribution in [2.75, 3.05) is 6.61 Å². The van der Waals surface area contributed by atoms with Crippen molar-refractivity contribution in [3.8, 4) is 0 Å². The van der Waals surface area contributed by atoms with E-state index in [-0.39, 0.29) is 17.9 Å². The monoisotopic (exact) mass is 318 g/mol. The zero-order valence-electron chi connectivity index (χ0n) is 12.3. The largest absolute Gasteiger partial charge is 0.466 e. The first kappa shape index (κ1) is 16.2. The van der Waals surface area contributed by atoms with Crippen LogP contribution in [0.25, 0.3) is 0 Å². The van der Waals surface area contributed by atoms with E-state index in [1.54, 1.807) is 55.5 Å². The number of ether oxygens (including phenoxy) is 1. The topological polar surface area (TPSA) is 60.4 Å². The molecule has 2 aromatic carbocycles. The first-order chi connectivity index (χ1) is 10.6. The maximum atomic E-state index is 12.9. The summed E-state index contributed by atoms with van der Waals surface area (Å²) in [6, 6.07) is 16.9. The number of esters is 1. The van der Waals surface area contributed by atoms with Crippen LogP contribution in [0.15, 0.2) is 65.6 Å². The average Bonchev–Trinajstić information content (AvgIpc) is 2.54. The van der Waals surface area contributed by atoms with Gasteiger partial charge in [-0.2, -0.15) is 0 Å². The van der Waals surface area contributed by atoms with Gasteiger partial charge in [-0.05, 0) is 24.6 Å². The van der Waals surface area contributed by atoms with Crippen LogP contribution in [-0.4, -0.2) is 21.0 Å². The quantitative estimate of drug-likeness (QED) is 0.768. The lowest BCUT2D eigenvalue weighted by Crippen LogP contribution is -2.19. The second kappa shape index (κ2) is 7.22. The number of hydrogen-bond acceptors (Lipinski definition) is 4. The molecule has 2 aromatic rings. The Bertz CT molecular complexity index is 709. The van der Waals surface area contributed by atoms with E-state index in [2.05, 4.69) is 0 Å². The minimum absolute atomic E-state index is 0.199. The molecule has 1 unspecified atom stereocenters. The first-order valence-electron chi connectivity index (χ1n) is 7.05. The normalized spacial score (nSPS) is 12.6. The molecule has 0 aliphatic carbocycles. The smallest absolute Gasteiger partial charge is 0.307 e. The molecule has 0 fully saturated rings. The van der Waals surface area contributed by atoms with Gasteiger partial charge in [0.05, 0.1) is 17.9 Å². The van der Waals surface area contributed by atoms with Crippen molar-refractivity contribution in [3.63, 3.8) is 0 Å². The molecule has 0 radical (unpaired) electrons. The van der Waals surface area contributed by atoms with Crippen molar-refractivity contribution >= 4 is 15.8 Å². The van der Waals surface area contributed by atoms with Crippen LogP contribution in [0.1, 0.15) is 24.2 Å². The van der Waals surface area contributed by atoms with Crippen LogP contribution in [0.3, 0.4) is 0 Å². The van der Waals surface area contributed by atoms with Crippen LogP contribution in [0.5, 0.6) is 0 Å². The maximum absolute atomic E-state index is 12.9. The Morgan fingerprint density at radius 2 is 1.55 bits per heavy atom. The third kappa shape index (κ3) is 3.74.